The quantitative estimate of drug-likeness (QED) is 0.386. The standard InChI is InChI=1S/C27H24N4O/c1-3-9-20(10-4-1)17-30(18-21-11-5-2-6-12-21)27-25-26(22-13-7-8-14-23(22)28-27)31-15-16-32-19-24(31)29-25/h1-14H,15-19H2. The Kier molecular flexibility index (Phi) is 4.81. The molecule has 0 aliphatic carbocycles. The lowest BCUT2D eigenvalue weighted by atomic mass is 10.1. The molecule has 0 saturated carbocycles. The van der Waals surface area contributed by atoms with E-state index in [0.29, 0.717) is 13.2 Å². The topological polar surface area (TPSA) is 43.2 Å². The minimum Gasteiger partial charge on any atom is -0.372 e. The molecule has 0 amide bonds. The number of nitrogens with zero attached hydrogens (tertiary/aromatic N) is 4. The fourth-order valence-electron chi connectivity index (χ4n) is 4.57. The Morgan fingerprint density at radius 1 is 0.781 bits per heavy atom. The summed E-state index contributed by atoms with van der Waals surface area (Å²) in [6.45, 7) is 3.59. The summed E-state index contributed by atoms with van der Waals surface area (Å²) < 4.78 is 8.03. The number of benzene rings is 3. The third-order valence-electron chi connectivity index (χ3n) is 6.07. The van der Waals surface area contributed by atoms with Gasteiger partial charge in [0.1, 0.15) is 17.9 Å². The zero-order chi connectivity index (χ0) is 21.3. The van der Waals surface area contributed by atoms with Crippen molar-refractivity contribution in [3.05, 3.63) is 102 Å². The minimum atomic E-state index is 0.541. The Bertz CT molecular complexity index is 1340. The highest BCUT2D eigenvalue weighted by atomic mass is 16.5. The first-order valence-electron chi connectivity index (χ1n) is 11.1. The fraction of sp³-hybridized carbons (Fsp3) is 0.185. The first kappa shape index (κ1) is 19.0. The molecule has 0 atom stereocenters. The van der Waals surface area contributed by atoms with Gasteiger partial charge in [-0.05, 0) is 17.2 Å². The van der Waals surface area contributed by atoms with Gasteiger partial charge in [0.05, 0.1) is 17.6 Å². The van der Waals surface area contributed by atoms with Crippen LogP contribution in [0.25, 0.3) is 21.9 Å². The third kappa shape index (κ3) is 3.41. The van der Waals surface area contributed by atoms with E-state index in [0.717, 1.165) is 53.2 Å². The number of aromatic nitrogens is 3. The van der Waals surface area contributed by atoms with Crippen molar-refractivity contribution in [1.82, 2.24) is 14.5 Å². The van der Waals surface area contributed by atoms with Crippen molar-refractivity contribution < 1.29 is 4.74 Å². The van der Waals surface area contributed by atoms with Crippen molar-refractivity contribution >= 4 is 27.8 Å². The van der Waals surface area contributed by atoms with Crippen molar-refractivity contribution in [3.63, 3.8) is 0 Å². The number of hydrogen-bond acceptors (Lipinski definition) is 4. The summed E-state index contributed by atoms with van der Waals surface area (Å²) >= 11 is 0. The van der Waals surface area contributed by atoms with Crippen molar-refractivity contribution in [2.24, 2.45) is 0 Å². The summed E-state index contributed by atoms with van der Waals surface area (Å²) in [4.78, 5) is 12.5. The number of anilines is 1. The summed E-state index contributed by atoms with van der Waals surface area (Å²) in [5.74, 6) is 1.90. The van der Waals surface area contributed by atoms with Crippen molar-refractivity contribution in [2.75, 3.05) is 11.5 Å². The number of fused-ring (bicyclic) bond motifs is 5. The molecule has 0 bridgehead atoms. The molecule has 5 nitrogen and oxygen atoms in total. The molecule has 0 spiro atoms. The molecular formula is C27H24N4O. The predicted octanol–water partition coefficient (Wildman–Crippen LogP) is 5.32. The van der Waals surface area contributed by atoms with Crippen LogP contribution in [0.3, 0.4) is 0 Å². The third-order valence-corrected chi connectivity index (χ3v) is 6.07. The molecule has 3 aromatic carbocycles. The predicted molar refractivity (Wildman–Crippen MR) is 127 cm³/mol. The number of ether oxygens (including phenoxy) is 1. The SMILES string of the molecule is c1ccc(CN(Cc2ccccc2)c2nc3ccccc3c3c2nc2n3CCOC2)cc1. The van der Waals surface area contributed by atoms with E-state index in [1.54, 1.807) is 0 Å². The molecular weight excluding hydrogens is 396 g/mol. The number of imidazole rings is 1. The Hall–Kier alpha value is -3.70. The lowest BCUT2D eigenvalue weighted by molar-refractivity contribution is 0.0831. The fourth-order valence-corrected chi connectivity index (χ4v) is 4.57. The van der Waals surface area contributed by atoms with Gasteiger partial charge in [0.25, 0.3) is 0 Å². The Labute approximate surface area is 186 Å². The molecule has 5 heteroatoms. The number of hydrogen-bond donors (Lipinski definition) is 0. The van der Waals surface area contributed by atoms with Crippen molar-refractivity contribution in [3.8, 4) is 0 Å². The molecule has 1 aliphatic heterocycles. The maximum absolute atomic E-state index is 5.71. The van der Waals surface area contributed by atoms with Crippen LogP contribution in [0.2, 0.25) is 0 Å². The van der Waals surface area contributed by atoms with Crippen molar-refractivity contribution in [1.29, 1.82) is 0 Å². The van der Waals surface area contributed by atoms with Crippen LogP contribution < -0.4 is 4.90 Å². The number of rotatable bonds is 5. The van der Waals surface area contributed by atoms with Gasteiger partial charge in [-0.1, -0.05) is 78.9 Å². The van der Waals surface area contributed by atoms with E-state index in [4.69, 9.17) is 14.7 Å². The van der Waals surface area contributed by atoms with Gasteiger partial charge in [0.2, 0.25) is 0 Å². The average molecular weight is 421 g/mol. The van der Waals surface area contributed by atoms with Gasteiger partial charge in [0, 0.05) is 25.0 Å². The Morgan fingerprint density at radius 2 is 1.44 bits per heavy atom. The van der Waals surface area contributed by atoms with Gasteiger partial charge < -0.3 is 14.2 Å². The molecule has 3 heterocycles. The van der Waals surface area contributed by atoms with Crippen molar-refractivity contribution in [2.45, 2.75) is 26.2 Å². The van der Waals surface area contributed by atoms with E-state index in [1.807, 2.05) is 0 Å². The van der Waals surface area contributed by atoms with E-state index in [-0.39, 0.29) is 0 Å². The molecule has 0 N–H and O–H groups in total. The average Bonchev–Trinajstić information content (AvgIpc) is 3.24. The second-order valence-corrected chi connectivity index (χ2v) is 8.21. The van der Waals surface area contributed by atoms with E-state index in [1.165, 1.54) is 11.1 Å². The summed E-state index contributed by atoms with van der Waals surface area (Å²) in [5.41, 5.74) is 5.61. The maximum atomic E-state index is 5.71. The van der Waals surface area contributed by atoms with E-state index < -0.39 is 0 Å². The smallest absolute Gasteiger partial charge is 0.158 e. The summed E-state index contributed by atoms with van der Waals surface area (Å²) in [6, 6.07) is 29.5. The van der Waals surface area contributed by atoms with E-state index in [2.05, 4.69) is 94.4 Å². The molecule has 158 valence electrons. The van der Waals surface area contributed by atoms with Crippen LogP contribution >= 0.6 is 0 Å². The molecule has 2 aromatic heterocycles. The van der Waals surface area contributed by atoms with Gasteiger partial charge in [-0.25, -0.2) is 9.97 Å². The summed E-state index contributed by atoms with van der Waals surface area (Å²) in [5, 5.41) is 1.14. The molecule has 0 fully saturated rings. The highest BCUT2D eigenvalue weighted by Crippen LogP contribution is 2.34. The first-order chi connectivity index (χ1) is 15.9. The van der Waals surface area contributed by atoms with Gasteiger partial charge in [-0.15, -0.1) is 0 Å². The lowest BCUT2D eigenvalue weighted by Gasteiger charge is -2.25. The molecule has 32 heavy (non-hydrogen) atoms. The molecule has 0 saturated heterocycles. The van der Waals surface area contributed by atoms with Gasteiger partial charge in [-0.3, -0.25) is 0 Å². The monoisotopic (exact) mass is 420 g/mol. The van der Waals surface area contributed by atoms with Crippen LogP contribution in [0.5, 0.6) is 0 Å². The zero-order valence-electron chi connectivity index (χ0n) is 17.8. The highest BCUT2D eigenvalue weighted by molar-refractivity contribution is 6.07. The normalized spacial score (nSPS) is 13.4. The van der Waals surface area contributed by atoms with E-state index >= 15 is 0 Å². The summed E-state index contributed by atoms with van der Waals surface area (Å²) in [6.07, 6.45) is 0. The molecule has 0 unspecified atom stereocenters. The van der Waals surface area contributed by atoms with Gasteiger partial charge in [0.15, 0.2) is 5.82 Å². The van der Waals surface area contributed by atoms with Gasteiger partial charge in [-0.2, -0.15) is 0 Å². The van der Waals surface area contributed by atoms with E-state index in [9.17, 15) is 0 Å². The van der Waals surface area contributed by atoms with Crippen LogP contribution in [0.15, 0.2) is 84.9 Å². The van der Waals surface area contributed by atoms with Gasteiger partial charge >= 0.3 is 0 Å². The second kappa shape index (κ2) is 8.09. The van der Waals surface area contributed by atoms with Crippen LogP contribution in [-0.4, -0.2) is 21.1 Å². The summed E-state index contributed by atoms with van der Waals surface area (Å²) in [7, 11) is 0. The number of para-hydroxylation sites is 1. The highest BCUT2D eigenvalue weighted by Gasteiger charge is 2.23. The molecule has 6 rings (SSSR count). The maximum Gasteiger partial charge on any atom is 0.158 e. The second-order valence-electron chi connectivity index (χ2n) is 8.21. The zero-order valence-corrected chi connectivity index (χ0v) is 17.8. The first-order valence-corrected chi connectivity index (χ1v) is 11.1. The van der Waals surface area contributed by atoms with Crippen LogP contribution in [-0.2, 0) is 31.0 Å². The largest absolute Gasteiger partial charge is 0.372 e. The van der Waals surface area contributed by atoms with Crippen LogP contribution in [0.4, 0.5) is 5.82 Å². The number of pyridine rings is 1. The lowest BCUT2D eigenvalue weighted by Crippen LogP contribution is -2.23. The van der Waals surface area contributed by atoms with Crippen LogP contribution in [0.1, 0.15) is 17.0 Å². The Balaban J connectivity index is 1.57. The minimum absolute atomic E-state index is 0.541. The Morgan fingerprint density at radius 3 is 2.16 bits per heavy atom. The molecule has 0 radical (unpaired) electrons. The van der Waals surface area contributed by atoms with Crippen LogP contribution in [0, 0.1) is 0 Å². The molecule has 1 aliphatic rings. The molecule has 5 aromatic rings.